The summed E-state index contributed by atoms with van der Waals surface area (Å²) in [6.07, 6.45) is 4.17. The molecule has 0 aromatic rings. The van der Waals surface area contributed by atoms with Gasteiger partial charge in [0.05, 0.1) is 6.61 Å². The van der Waals surface area contributed by atoms with Gasteiger partial charge in [-0.3, -0.25) is 0 Å². The van der Waals surface area contributed by atoms with Gasteiger partial charge in [-0.25, -0.2) is 0 Å². The Morgan fingerprint density at radius 1 is 1.21 bits per heavy atom. The van der Waals surface area contributed by atoms with E-state index in [2.05, 4.69) is 11.8 Å². The molecule has 0 aromatic heterocycles. The molecule has 0 saturated heterocycles. The van der Waals surface area contributed by atoms with Crippen molar-refractivity contribution >= 4 is 18.3 Å². The summed E-state index contributed by atoms with van der Waals surface area (Å²) in [6.45, 7) is 4.06. The van der Waals surface area contributed by atoms with Crippen molar-refractivity contribution in [1.82, 2.24) is 0 Å². The van der Waals surface area contributed by atoms with Gasteiger partial charge in [-0.2, -0.15) is 0 Å². The largest absolute Gasteiger partial charge is 0.801 e. The molecule has 0 rings (SSSR count). The van der Waals surface area contributed by atoms with Crippen molar-refractivity contribution in [3.63, 3.8) is 0 Å². The molecule has 0 radical (unpaired) electrons. The van der Waals surface area contributed by atoms with E-state index < -0.39 is 6.49 Å². The monoisotopic (exact) mass is 240 g/mol. The van der Waals surface area contributed by atoms with Crippen LogP contribution in [0.25, 0.3) is 0 Å². The molecule has 0 amide bonds. The highest BCUT2D eigenvalue weighted by molar-refractivity contribution is 8.08. The minimum Gasteiger partial charge on any atom is -0.801 e. The molecule has 1 atom stereocenters. The Labute approximate surface area is 93.2 Å². The van der Waals surface area contributed by atoms with E-state index in [0.29, 0.717) is 6.61 Å². The Bertz CT molecular complexity index is 150. The molecule has 0 spiro atoms. The van der Waals surface area contributed by atoms with Crippen LogP contribution < -0.4 is 10.6 Å². The highest BCUT2D eigenvalue weighted by Crippen LogP contribution is 2.31. The summed E-state index contributed by atoms with van der Waals surface area (Å²) in [6, 6.07) is 0. The Morgan fingerprint density at radius 2 is 1.71 bits per heavy atom. The fourth-order valence-corrected chi connectivity index (χ4v) is 1.51. The molecular weight excluding hydrogens is 217 g/mol. The van der Waals surface area contributed by atoms with Crippen molar-refractivity contribution in [2.45, 2.75) is 39.5 Å². The zero-order chi connectivity index (χ0) is 11.4. The highest BCUT2D eigenvalue weighted by Gasteiger charge is 1.93. The summed E-state index contributed by atoms with van der Waals surface area (Å²) >= 11 is 4.60. The van der Waals surface area contributed by atoms with Gasteiger partial charge < -0.3 is 15.2 Å². The Morgan fingerprint density at radius 3 is 2.14 bits per heavy atom. The Balaban J connectivity index is 0. The number of rotatable bonds is 7. The van der Waals surface area contributed by atoms with E-state index in [4.69, 9.17) is 10.3 Å². The highest BCUT2D eigenvalue weighted by atomic mass is 32.5. The molecule has 0 aliphatic heterocycles. The molecule has 14 heavy (non-hydrogen) atoms. The molecule has 3 nitrogen and oxygen atoms in total. The summed E-state index contributed by atoms with van der Waals surface area (Å²) in [5.41, 5.74) is 5.32. The molecular formula is C9H23NO2PS-. The topological polar surface area (TPSA) is 58.3 Å². The van der Waals surface area contributed by atoms with Crippen LogP contribution in [0.15, 0.2) is 0 Å². The third kappa shape index (κ3) is 18.3. The second-order valence-electron chi connectivity index (χ2n) is 2.81. The number of hydrogen-bond donors (Lipinski definition) is 1. The first-order chi connectivity index (χ1) is 6.56. The first kappa shape index (κ1) is 16.9. The molecule has 0 heterocycles. The zero-order valence-electron chi connectivity index (χ0n) is 9.49. The third-order valence-electron chi connectivity index (χ3n) is 1.42. The molecule has 2 N–H and O–H groups in total. The summed E-state index contributed by atoms with van der Waals surface area (Å²) in [7, 11) is 0. The van der Waals surface area contributed by atoms with Gasteiger partial charge >= 0.3 is 0 Å². The quantitative estimate of drug-likeness (QED) is 0.545. The van der Waals surface area contributed by atoms with Gasteiger partial charge in [0.1, 0.15) is 0 Å². The lowest BCUT2D eigenvalue weighted by molar-refractivity contribution is -0.180. The van der Waals surface area contributed by atoms with E-state index in [1.54, 1.807) is 0 Å². The molecule has 0 fully saturated rings. The first-order valence-corrected chi connectivity index (χ1v) is 8.28. The maximum atomic E-state index is 10.9. The predicted octanol–water partition coefficient (Wildman–Crippen LogP) is 1.85. The van der Waals surface area contributed by atoms with Crippen molar-refractivity contribution in [2.24, 2.45) is 5.73 Å². The van der Waals surface area contributed by atoms with E-state index >= 15 is 0 Å². The van der Waals surface area contributed by atoms with Crippen LogP contribution in [0.4, 0.5) is 0 Å². The van der Waals surface area contributed by atoms with Gasteiger partial charge in [-0.1, -0.05) is 38.5 Å². The van der Waals surface area contributed by atoms with Crippen molar-refractivity contribution in [2.75, 3.05) is 19.8 Å². The average molecular weight is 240 g/mol. The minimum absolute atomic E-state index is 0.516. The summed E-state index contributed by atoms with van der Waals surface area (Å²) in [4.78, 5) is 10.9. The van der Waals surface area contributed by atoms with Crippen LogP contribution in [0.5, 0.6) is 0 Å². The van der Waals surface area contributed by atoms with Gasteiger partial charge in [-0.05, 0) is 32.5 Å². The standard InChI is InChI=1S/C7H18NO2PS.C2H6/c1-11(9,12)10-7-5-3-2-4-6-8;1-2/h2-8H2,1H3,(H,9,12);1-2H3/p-1. The molecule has 1 unspecified atom stereocenters. The Hall–Kier alpha value is 0.530. The molecule has 0 bridgehead atoms. The van der Waals surface area contributed by atoms with E-state index in [0.717, 1.165) is 32.2 Å². The lowest BCUT2D eigenvalue weighted by Crippen LogP contribution is -2.03. The summed E-state index contributed by atoms with van der Waals surface area (Å²) < 4.78 is 4.95. The van der Waals surface area contributed by atoms with E-state index in [-0.39, 0.29) is 0 Å². The van der Waals surface area contributed by atoms with Crippen LogP contribution in [-0.4, -0.2) is 19.8 Å². The molecule has 0 aromatic carbocycles. The van der Waals surface area contributed by atoms with Gasteiger partial charge in [0.15, 0.2) is 0 Å². The molecule has 88 valence electrons. The van der Waals surface area contributed by atoms with Crippen LogP contribution in [0.2, 0.25) is 0 Å². The predicted molar refractivity (Wildman–Crippen MR) is 65.0 cm³/mol. The number of hydrogen-bond acceptors (Lipinski definition) is 4. The first-order valence-electron chi connectivity index (χ1n) is 5.19. The van der Waals surface area contributed by atoms with Crippen LogP contribution in [0, 0.1) is 0 Å². The zero-order valence-corrected chi connectivity index (χ0v) is 11.2. The van der Waals surface area contributed by atoms with Crippen molar-refractivity contribution < 1.29 is 9.42 Å². The maximum absolute atomic E-state index is 10.9. The normalized spacial score (nSPS) is 14.1. The lowest BCUT2D eigenvalue weighted by Gasteiger charge is -2.22. The van der Waals surface area contributed by atoms with E-state index in [1.807, 2.05) is 13.8 Å². The summed E-state index contributed by atoms with van der Waals surface area (Å²) in [5, 5.41) is 0. The van der Waals surface area contributed by atoms with Crippen LogP contribution in [0.1, 0.15) is 39.5 Å². The van der Waals surface area contributed by atoms with Crippen LogP contribution in [-0.2, 0) is 16.3 Å². The van der Waals surface area contributed by atoms with Crippen molar-refractivity contribution in [3.8, 4) is 0 Å². The number of nitrogens with two attached hydrogens (primary N) is 1. The van der Waals surface area contributed by atoms with Crippen molar-refractivity contribution in [1.29, 1.82) is 0 Å². The number of unbranched alkanes of at least 4 members (excludes halogenated alkanes) is 3. The summed E-state index contributed by atoms with van der Waals surface area (Å²) in [5.74, 6) is 0. The van der Waals surface area contributed by atoms with Crippen LogP contribution in [0.3, 0.4) is 0 Å². The average Bonchev–Trinajstić information content (AvgIpc) is 2.13. The fourth-order valence-electron chi connectivity index (χ4n) is 0.830. The van der Waals surface area contributed by atoms with Crippen LogP contribution >= 0.6 is 6.49 Å². The van der Waals surface area contributed by atoms with E-state index in [9.17, 15) is 4.89 Å². The second kappa shape index (κ2) is 11.6. The molecule has 0 aliphatic rings. The van der Waals surface area contributed by atoms with Gasteiger partial charge in [0, 0.05) is 0 Å². The SMILES string of the molecule is CC.CP([O-])(=S)OCCCCCCN. The molecule has 0 aliphatic carbocycles. The second-order valence-corrected chi connectivity index (χ2v) is 6.60. The smallest absolute Gasteiger partial charge is 0.0502 e. The maximum Gasteiger partial charge on any atom is 0.0502 e. The molecule has 0 saturated carbocycles. The van der Waals surface area contributed by atoms with Gasteiger partial charge in [0.2, 0.25) is 0 Å². The Kier molecular flexibility index (Phi) is 14.0. The van der Waals surface area contributed by atoms with Gasteiger partial charge in [-0.15, -0.1) is 0 Å². The lowest BCUT2D eigenvalue weighted by atomic mass is 10.2. The molecule has 5 heteroatoms. The van der Waals surface area contributed by atoms with Crippen molar-refractivity contribution in [3.05, 3.63) is 0 Å². The minimum atomic E-state index is -2.66. The van der Waals surface area contributed by atoms with Gasteiger partial charge in [0.25, 0.3) is 0 Å². The fraction of sp³-hybridized carbons (Fsp3) is 1.00. The van der Waals surface area contributed by atoms with E-state index in [1.165, 1.54) is 6.66 Å². The third-order valence-corrected chi connectivity index (χ3v) is 2.39.